The lowest BCUT2D eigenvalue weighted by atomic mass is 10.0. The molecule has 0 radical (unpaired) electrons. The molecule has 0 aromatic carbocycles. The molecule has 0 rings (SSSR count). The first-order valence-corrected chi connectivity index (χ1v) is 26.7. The molecule has 0 spiro atoms. The molecule has 0 heterocycles. The third-order valence-corrected chi connectivity index (χ3v) is 11.7. The van der Waals surface area contributed by atoms with Crippen LogP contribution in [-0.4, -0.2) is 37.2 Å². The van der Waals surface area contributed by atoms with Gasteiger partial charge in [-0.25, -0.2) is 0 Å². The Hall–Kier alpha value is -2.63. The third-order valence-electron chi connectivity index (χ3n) is 11.7. The summed E-state index contributed by atoms with van der Waals surface area (Å²) in [7, 11) is 0. The third kappa shape index (κ3) is 48.4. The highest BCUT2D eigenvalue weighted by Crippen LogP contribution is 2.16. The molecule has 62 heavy (non-hydrogen) atoms. The summed E-state index contributed by atoms with van der Waals surface area (Å²) in [5, 5.41) is 0. The van der Waals surface area contributed by atoms with Crippen molar-refractivity contribution in [3.8, 4) is 0 Å². The van der Waals surface area contributed by atoms with Crippen LogP contribution in [0.2, 0.25) is 0 Å². The second-order valence-electron chi connectivity index (χ2n) is 17.9. The number of rotatable bonds is 48. The molecule has 0 saturated carbocycles. The van der Waals surface area contributed by atoms with Gasteiger partial charge in [-0.15, -0.1) is 0 Å². The highest BCUT2D eigenvalue weighted by atomic mass is 16.6. The molecular formula is C56H100O6. The van der Waals surface area contributed by atoms with Crippen LogP contribution >= 0.6 is 0 Å². The number of esters is 3. The Labute approximate surface area is 384 Å². The minimum Gasteiger partial charge on any atom is -0.462 e. The van der Waals surface area contributed by atoms with E-state index in [9.17, 15) is 14.4 Å². The van der Waals surface area contributed by atoms with Crippen molar-refractivity contribution < 1.29 is 28.6 Å². The molecule has 0 amide bonds. The summed E-state index contributed by atoms with van der Waals surface area (Å²) in [6.45, 7) is 6.49. The Morgan fingerprint density at radius 3 is 0.984 bits per heavy atom. The van der Waals surface area contributed by atoms with Crippen LogP contribution in [0.1, 0.15) is 271 Å². The molecule has 0 fully saturated rings. The van der Waals surface area contributed by atoms with E-state index in [0.717, 1.165) is 83.5 Å². The van der Waals surface area contributed by atoms with Gasteiger partial charge in [0.25, 0.3) is 0 Å². The highest BCUT2D eigenvalue weighted by molar-refractivity contribution is 5.71. The van der Waals surface area contributed by atoms with Gasteiger partial charge in [0, 0.05) is 19.3 Å². The van der Waals surface area contributed by atoms with Crippen molar-refractivity contribution in [3.63, 3.8) is 0 Å². The first-order valence-electron chi connectivity index (χ1n) is 26.7. The summed E-state index contributed by atoms with van der Waals surface area (Å²) < 4.78 is 16.8. The Morgan fingerprint density at radius 2 is 0.629 bits per heavy atom. The van der Waals surface area contributed by atoms with Crippen molar-refractivity contribution in [1.82, 2.24) is 0 Å². The average Bonchev–Trinajstić information content (AvgIpc) is 3.27. The minimum atomic E-state index is -0.780. The van der Waals surface area contributed by atoms with Crippen LogP contribution in [0.15, 0.2) is 48.6 Å². The predicted octanol–water partition coefficient (Wildman–Crippen LogP) is 17.5. The van der Waals surface area contributed by atoms with E-state index in [1.165, 1.54) is 148 Å². The maximum Gasteiger partial charge on any atom is 0.306 e. The van der Waals surface area contributed by atoms with E-state index in [1.807, 2.05) is 18.2 Å². The van der Waals surface area contributed by atoms with Gasteiger partial charge in [-0.2, -0.15) is 0 Å². The van der Waals surface area contributed by atoms with Gasteiger partial charge in [-0.3, -0.25) is 14.4 Å². The number of hydrogen-bond acceptors (Lipinski definition) is 6. The molecule has 0 aliphatic carbocycles. The Kier molecular flexibility index (Phi) is 48.8. The van der Waals surface area contributed by atoms with Gasteiger partial charge in [0.2, 0.25) is 0 Å². The number of ether oxygens (including phenoxy) is 3. The first-order chi connectivity index (χ1) is 30.5. The number of carbonyl (C=O) groups excluding carboxylic acids is 3. The van der Waals surface area contributed by atoms with Crippen LogP contribution in [-0.2, 0) is 28.6 Å². The second-order valence-corrected chi connectivity index (χ2v) is 17.9. The van der Waals surface area contributed by atoms with Gasteiger partial charge in [0.1, 0.15) is 13.2 Å². The SMILES string of the molecule is CC\C=C/C=C\C=C/C=C\CCCCCCCC(=O)OC(COC(=O)CCCCCCCCCCCC)COC(=O)CCCCCCCCCCCCCCCCCCCCC. The van der Waals surface area contributed by atoms with Gasteiger partial charge in [0.15, 0.2) is 6.10 Å². The van der Waals surface area contributed by atoms with E-state index in [4.69, 9.17) is 14.2 Å². The van der Waals surface area contributed by atoms with Gasteiger partial charge >= 0.3 is 17.9 Å². The van der Waals surface area contributed by atoms with Crippen molar-refractivity contribution >= 4 is 17.9 Å². The topological polar surface area (TPSA) is 78.9 Å². The standard InChI is InChI=1S/C56H100O6/c1-4-7-10-13-16-19-22-24-26-27-28-29-31-32-34-37-40-43-46-49-55(58)61-52-53(51-60-54(57)48-45-42-39-36-21-18-15-12-9-6-3)62-56(59)50-47-44-41-38-35-33-30-25-23-20-17-14-11-8-5-2/h8,11,14,17,20,23,25,30,53H,4-7,9-10,12-13,15-16,18-19,21-22,24,26-29,31-52H2,1-3H3/b11-8-,17-14-,23-20-,30-25-. The van der Waals surface area contributed by atoms with Crippen molar-refractivity contribution in [2.24, 2.45) is 0 Å². The minimum absolute atomic E-state index is 0.0792. The molecule has 0 saturated heterocycles. The van der Waals surface area contributed by atoms with E-state index in [1.54, 1.807) is 0 Å². The van der Waals surface area contributed by atoms with Crippen LogP contribution in [0.4, 0.5) is 0 Å². The molecule has 360 valence electrons. The summed E-state index contributed by atoms with van der Waals surface area (Å²) in [5.74, 6) is -0.893. The zero-order valence-corrected chi connectivity index (χ0v) is 41.1. The van der Waals surface area contributed by atoms with Gasteiger partial charge in [-0.05, 0) is 38.5 Å². The maximum absolute atomic E-state index is 12.8. The van der Waals surface area contributed by atoms with Gasteiger partial charge in [-0.1, -0.05) is 262 Å². The smallest absolute Gasteiger partial charge is 0.306 e. The number of carbonyl (C=O) groups is 3. The molecular weight excluding hydrogens is 769 g/mol. The zero-order chi connectivity index (χ0) is 45.1. The highest BCUT2D eigenvalue weighted by Gasteiger charge is 2.19. The summed E-state index contributed by atoms with van der Waals surface area (Å²) in [6.07, 6.45) is 61.0. The average molecular weight is 869 g/mol. The fourth-order valence-corrected chi connectivity index (χ4v) is 7.69. The van der Waals surface area contributed by atoms with E-state index in [-0.39, 0.29) is 31.1 Å². The van der Waals surface area contributed by atoms with Crippen LogP contribution in [0, 0.1) is 0 Å². The van der Waals surface area contributed by atoms with E-state index in [2.05, 4.69) is 51.2 Å². The normalized spacial score (nSPS) is 12.4. The van der Waals surface area contributed by atoms with Crippen LogP contribution < -0.4 is 0 Å². The molecule has 0 N–H and O–H groups in total. The van der Waals surface area contributed by atoms with Crippen molar-refractivity contribution in [1.29, 1.82) is 0 Å². The first kappa shape index (κ1) is 59.4. The summed E-state index contributed by atoms with van der Waals surface area (Å²) in [5.41, 5.74) is 0. The lowest BCUT2D eigenvalue weighted by molar-refractivity contribution is -0.167. The number of hydrogen-bond donors (Lipinski definition) is 0. The Balaban J connectivity index is 4.31. The quantitative estimate of drug-likeness (QED) is 0.0262. The Bertz CT molecular complexity index is 1090. The molecule has 1 atom stereocenters. The fourth-order valence-electron chi connectivity index (χ4n) is 7.69. The fraction of sp³-hybridized carbons (Fsp3) is 0.804. The van der Waals surface area contributed by atoms with Gasteiger partial charge < -0.3 is 14.2 Å². The van der Waals surface area contributed by atoms with Crippen molar-refractivity contribution in [2.75, 3.05) is 13.2 Å². The molecule has 0 aromatic heterocycles. The maximum atomic E-state index is 12.8. The largest absolute Gasteiger partial charge is 0.462 e. The van der Waals surface area contributed by atoms with E-state index >= 15 is 0 Å². The second kappa shape index (κ2) is 51.0. The molecule has 6 nitrogen and oxygen atoms in total. The Morgan fingerprint density at radius 1 is 0.339 bits per heavy atom. The van der Waals surface area contributed by atoms with Gasteiger partial charge in [0.05, 0.1) is 0 Å². The summed E-state index contributed by atoms with van der Waals surface area (Å²) >= 11 is 0. The van der Waals surface area contributed by atoms with Crippen molar-refractivity contribution in [2.45, 2.75) is 277 Å². The predicted molar refractivity (Wildman–Crippen MR) is 265 cm³/mol. The zero-order valence-electron chi connectivity index (χ0n) is 41.1. The van der Waals surface area contributed by atoms with Crippen LogP contribution in [0.5, 0.6) is 0 Å². The molecule has 6 heteroatoms. The number of allylic oxidation sites excluding steroid dienone is 8. The van der Waals surface area contributed by atoms with E-state index < -0.39 is 6.10 Å². The monoisotopic (exact) mass is 869 g/mol. The lowest BCUT2D eigenvalue weighted by Crippen LogP contribution is -2.30. The van der Waals surface area contributed by atoms with Crippen LogP contribution in [0.25, 0.3) is 0 Å². The van der Waals surface area contributed by atoms with E-state index in [0.29, 0.717) is 19.3 Å². The molecule has 0 aliphatic heterocycles. The summed E-state index contributed by atoms with van der Waals surface area (Å²) in [4.78, 5) is 37.9. The molecule has 0 aliphatic rings. The van der Waals surface area contributed by atoms with Crippen LogP contribution in [0.3, 0.4) is 0 Å². The van der Waals surface area contributed by atoms with Crippen molar-refractivity contribution in [3.05, 3.63) is 48.6 Å². The molecule has 1 unspecified atom stereocenters. The lowest BCUT2D eigenvalue weighted by Gasteiger charge is -2.18. The molecule has 0 bridgehead atoms. The summed E-state index contributed by atoms with van der Waals surface area (Å²) in [6, 6.07) is 0. The number of unbranched alkanes of at least 4 members (excludes halogenated alkanes) is 32. The molecule has 0 aromatic rings.